The van der Waals surface area contributed by atoms with Crippen LogP contribution in [0.5, 0.6) is 0 Å². The first-order valence-corrected chi connectivity index (χ1v) is 4.60. The van der Waals surface area contributed by atoms with Crippen LogP contribution < -0.4 is 0 Å². The highest BCUT2D eigenvalue weighted by atomic mass is 32.1. The van der Waals surface area contributed by atoms with E-state index < -0.39 is 35.9 Å². The van der Waals surface area contributed by atoms with Crippen molar-refractivity contribution < 1.29 is 26.9 Å². The van der Waals surface area contributed by atoms with Gasteiger partial charge in [0.25, 0.3) is 0 Å². The number of hydrogen-bond donors (Lipinski definition) is 5. The SMILES string of the molecule is [2H]C(=S)[C@@](O)(CC)[C@H](O)[C@H](O)[C@H](O)CO. The maximum atomic E-state index is 9.75. The van der Waals surface area contributed by atoms with Gasteiger partial charge in [-0.05, 0) is 6.42 Å². The van der Waals surface area contributed by atoms with E-state index in [2.05, 4.69) is 12.2 Å². The molecule has 0 aromatic rings. The molecule has 0 fully saturated rings. The molecule has 4 atom stereocenters. The van der Waals surface area contributed by atoms with Gasteiger partial charge in [0.1, 0.15) is 23.9 Å². The van der Waals surface area contributed by atoms with Crippen molar-refractivity contribution in [2.24, 2.45) is 0 Å². The van der Waals surface area contributed by atoms with Gasteiger partial charge in [-0.25, -0.2) is 0 Å². The molecule has 0 bridgehead atoms. The molecule has 0 aliphatic carbocycles. The zero-order valence-electron chi connectivity index (χ0n) is 8.79. The molecular weight excluding hydrogens is 208 g/mol. The Morgan fingerprint density at radius 3 is 2.29 bits per heavy atom. The monoisotopic (exact) mass is 225 g/mol. The second-order valence-corrected chi connectivity index (χ2v) is 3.27. The Morgan fingerprint density at radius 2 is 2.00 bits per heavy atom. The first-order valence-electron chi connectivity index (χ1n) is 4.69. The fourth-order valence-electron chi connectivity index (χ4n) is 0.943. The molecule has 0 aliphatic rings. The molecule has 5 nitrogen and oxygen atoms in total. The highest BCUT2D eigenvalue weighted by Gasteiger charge is 2.39. The summed E-state index contributed by atoms with van der Waals surface area (Å²) < 4.78 is 7.12. The van der Waals surface area contributed by atoms with Gasteiger partial charge in [0.15, 0.2) is 0 Å². The van der Waals surface area contributed by atoms with Crippen LogP contribution in [-0.2, 0) is 0 Å². The van der Waals surface area contributed by atoms with E-state index in [0.717, 1.165) is 0 Å². The minimum atomic E-state index is -2.06. The minimum Gasteiger partial charge on any atom is -0.394 e. The summed E-state index contributed by atoms with van der Waals surface area (Å²) in [6, 6.07) is 0. The van der Waals surface area contributed by atoms with E-state index in [9.17, 15) is 15.3 Å². The second-order valence-electron chi connectivity index (χ2n) is 3.07. The standard InChI is InChI=1S/C8H16O5S/c1-2-8(13,4-14)7(12)6(11)5(10)3-9/h4-7,9-13H,2-3H2,1H3/t5-,6-,7-,8+/m1/s1/i4D. The van der Waals surface area contributed by atoms with Crippen molar-refractivity contribution in [1.82, 2.24) is 0 Å². The average Bonchev–Trinajstić information content (AvgIpc) is 2.24. The molecule has 0 unspecified atom stereocenters. The molecule has 0 heterocycles. The lowest BCUT2D eigenvalue weighted by molar-refractivity contribution is -0.132. The lowest BCUT2D eigenvalue weighted by Gasteiger charge is -2.32. The van der Waals surface area contributed by atoms with Crippen molar-refractivity contribution in [3.63, 3.8) is 0 Å². The molecule has 14 heavy (non-hydrogen) atoms. The Hall–Kier alpha value is -0.110. The van der Waals surface area contributed by atoms with E-state index in [4.69, 9.17) is 11.6 Å². The third-order valence-electron chi connectivity index (χ3n) is 2.11. The van der Waals surface area contributed by atoms with E-state index in [1.807, 2.05) is 0 Å². The highest BCUT2D eigenvalue weighted by Crippen LogP contribution is 2.18. The molecule has 0 saturated carbocycles. The molecule has 0 spiro atoms. The van der Waals surface area contributed by atoms with Gasteiger partial charge in [-0.3, -0.25) is 0 Å². The summed E-state index contributed by atoms with van der Waals surface area (Å²) in [5.74, 6) is 0. The molecule has 0 aromatic carbocycles. The Morgan fingerprint density at radius 1 is 1.50 bits per heavy atom. The maximum Gasteiger partial charge on any atom is 0.121 e. The summed E-state index contributed by atoms with van der Waals surface area (Å²) in [5, 5.41) is 45.6. The van der Waals surface area contributed by atoms with Crippen LogP contribution >= 0.6 is 12.2 Å². The van der Waals surface area contributed by atoms with Gasteiger partial charge in [-0.1, -0.05) is 19.1 Å². The molecule has 0 rings (SSSR count). The summed E-state index contributed by atoms with van der Waals surface area (Å²) in [4.78, 5) is 0. The van der Waals surface area contributed by atoms with Gasteiger partial charge in [0.05, 0.1) is 7.98 Å². The van der Waals surface area contributed by atoms with E-state index in [1.54, 1.807) is 0 Å². The Labute approximate surface area is 89.0 Å². The predicted molar refractivity (Wildman–Crippen MR) is 54.0 cm³/mol. The molecule has 0 aromatic heterocycles. The van der Waals surface area contributed by atoms with Crippen molar-refractivity contribution in [2.45, 2.75) is 37.3 Å². The van der Waals surface area contributed by atoms with Gasteiger partial charge in [-0.2, -0.15) is 0 Å². The zero-order valence-corrected chi connectivity index (χ0v) is 8.61. The zero-order chi connectivity index (χ0) is 12.2. The first-order chi connectivity index (χ1) is 6.81. The van der Waals surface area contributed by atoms with Crippen LogP contribution in [0.3, 0.4) is 0 Å². The lowest BCUT2D eigenvalue weighted by Crippen LogP contribution is -2.54. The normalized spacial score (nSPS) is 23.1. The summed E-state index contributed by atoms with van der Waals surface area (Å²) in [6.45, 7) is 0.713. The third-order valence-corrected chi connectivity index (χ3v) is 2.46. The van der Waals surface area contributed by atoms with Crippen molar-refractivity contribution in [3.8, 4) is 0 Å². The molecule has 0 radical (unpaired) electrons. The Balaban J connectivity index is 4.79. The fourth-order valence-corrected chi connectivity index (χ4v) is 1.21. The van der Waals surface area contributed by atoms with Gasteiger partial charge in [0.2, 0.25) is 0 Å². The molecular formula is C8H16O5S. The summed E-state index contributed by atoms with van der Waals surface area (Å²) in [5.41, 5.74) is -2.06. The summed E-state index contributed by atoms with van der Waals surface area (Å²) in [6.07, 6.45) is -5.24. The second kappa shape index (κ2) is 5.69. The van der Waals surface area contributed by atoms with Crippen LogP contribution in [0.15, 0.2) is 0 Å². The molecule has 0 saturated heterocycles. The van der Waals surface area contributed by atoms with E-state index in [0.29, 0.717) is 0 Å². The van der Waals surface area contributed by atoms with Crippen molar-refractivity contribution in [2.75, 3.05) is 6.61 Å². The quantitative estimate of drug-likeness (QED) is 0.342. The number of thiocarbonyl (C=S) groups is 1. The molecule has 6 heteroatoms. The van der Waals surface area contributed by atoms with Crippen LogP contribution in [0.1, 0.15) is 14.7 Å². The van der Waals surface area contributed by atoms with Crippen LogP contribution in [0.25, 0.3) is 0 Å². The van der Waals surface area contributed by atoms with E-state index in [-0.39, 0.29) is 6.42 Å². The summed E-state index contributed by atoms with van der Waals surface area (Å²) in [7, 11) is 0. The van der Waals surface area contributed by atoms with Crippen molar-refractivity contribution in [1.29, 1.82) is 0 Å². The van der Waals surface area contributed by atoms with E-state index in [1.165, 1.54) is 6.92 Å². The predicted octanol–water partition coefficient (Wildman–Crippen LogP) is -1.80. The molecule has 0 amide bonds. The van der Waals surface area contributed by atoms with Gasteiger partial charge < -0.3 is 25.5 Å². The van der Waals surface area contributed by atoms with Crippen LogP contribution in [0.4, 0.5) is 0 Å². The molecule has 5 N–H and O–H groups in total. The van der Waals surface area contributed by atoms with Crippen LogP contribution in [-0.4, -0.2) is 61.4 Å². The smallest absolute Gasteiger partial charge is 0.121 e. The van der Waals surface area contributed by atoms with Gasteiger partial charge in [0, 0.05) is 5.34 Å². The highest BCUT2D eigenvalue weighted by molar-refractivity contribution is 7.79. The van der Waals surface area contributed by atoms with Crippen molar-refractivity contribution >= 4 is 17.6 Å². The van der Waals surface area contributed by atoms with E-state index >= 15 is 0 Å². The molecule has 0 aliphatic heterocycles. The first kappa shape index (κ1) is 12.0. The van der Waals surface area contributed by atoms with Crippen molar-refractivity contribution in [3.05, 3.63) is 0 Å². The third kappa shape index (κ3) is 2.94. The van der Waals surface area contributed by atoms with Crippen LogP contribution in [0, 0.1) is 0 Å². The lowest BCUT2D eigenvalue weighted by atomic mass is 9.90. The largest absolute Gasteiger partial charge is 0.394 e. The topological polar surface area (TPSA) is 101 Å². The number of aliphatic hydroxyl groups excluding tert-OH is 4. The average molecular weight is 225 g/mol. The summed E-state index contributed by atoms with van der Waals surface area (Å²) >= 11 is 4.45. The van der Waals surface area contributed by atoms with Crippen LogP contribution in [0.2, 0.25) is 0 Å². The number of rotatable bonds is 6. The Bertz CT molecular complexity index is 227. The van der Waals surface area contributed by atoms with Gasteiger partial charge in [-0.15, -0.1) is 0 Å². The minimum absolute atomic E-state index is 0.0777. The van der Waals surface area contributed by atoms with Gasteiger partial charge >= 0.3 is 0 Å². The maximum absolute atomic E-state index is 9.75. The number of hydrogen-bond acceptors (Lipinski definition) is 6. The fraction of sp³-hybridized carbons (Fsp3) is 0.875. The number of aliphatic hydroxyl groups is 5. The Kier molecular flexibility index (Phi) is 4.86. The molecule has 84 valence electrons.